The molecule has 14 heteroatoms. The van der Waals surface area contributed by atoms with Crippen molar-refractivity contribution in [1.29, 1.82) is 0 Å². The zero-order valence-corrected chi connectivity index (χ0v) is 28.9. The van der Waals surface area contributed by atoms with Crippen LogP contribution in [0.3, 0.4) is 0 Å². The number of pyridine rings is 1. The van der Waals surface area contributed by atoms with E-state index in [1.54, 1.807) is 22.5 Å². The van der Waals surface area contributed by atoms with Gasteiger partial charge in [-0.1, -0.05) is 13.0 Å². The van der Waals surface area contributed by atoms with Crippen LogP contribution in [0.2, 0.25) is 0 Å². The van der Waals surface area contributed by atoms with Crippen molar-refractivity contribution in [1.82, 2.24) is 39.0 Å². The van der Waals surface area contributed by atoms with Gasteiger partial charge in [-0.25, -0.2) is 14.4 Å². The molecule has 1 unspecified atom stereocenters. The number of fused-ring (bicyclic) bond motifs is 3. The molecule has 2 amide bonds. The van der Waals surface area contributed by atoms with Crippen LogP contribution in [0.15, 0.2) is 41.5 Å². The van der Waals surface area contributed by atoms with Gasteiger partial charge in [-0.15, -0.1) is 5.10 Å². The lowest BCUT2D eigenvalue weighted by Gasteiger charge is -2.39. The van der Waals surface area contributed by atoms with Crippen molar-refractivity contribution in [2.24, 2.45) is 0 Å². The molecule has 0 radical (unpaired) electrons. The number of aromatic nitrogens is 7. The predicted molar refractivity (Wildman–Crippen MR) is 185 cm³/mol. The molecule has 1 aromatic carbocycles. The number of nitrogens with zero attached hydrogens (tertiary/aromatic N) is 8. The number of nitrogens with one attached hydrogen (secondary N) is 1. The molecule has 8 rings (SSSR count). The molecule has 13 nitrogen and oxygen atoms in total. The minimum Gasteiger partial charge on any atom is -0.504 e. The lowest BCUT2D eigenvalue weighted by atomic mass is 9.73. The van der Waals surface area contributed by atoms with Crippen LogP contribution in [0.4, 0.5) is 10.1 Å². The number of halogens is 1. The predicted octanol–water partition coefficient (Wildman–Crippen LogP) is 4.71. The molecule has 5 heterocycles. The van der Waals surface area contributed by atoms with Crippen LogP contribution < -0.4 is 10.9 Å². The fraction of sp³-hybridized carbons (Fsp3) is 0.405. The first-order valence-electron chi connectivity index (χ1n) is 17.3. The van der Waals surface area contributed by atoms with E-state index in [1.807, 2.05) is 39.0 Å². The average Bonchev–Trinajstić information content (AvgIpc) is 3.77. The van der Waals surface area contributed by atoms with Crippen molar-refractivity contribution >= 4 is 23.3 Å². The maximum absolute atomic E-state index is 15.1. The molecule has 4 aromatic heterocycles. The SMILES string of the molecule is Cc1cc(-c2nc3n(CC(=O)Nc4ccc(C5CC5)cc4F)c4c(c(=O)n3n2)C2(CCN(C(=O)c3ncnc(C)c3O)CC2)CC4C)cc(C)n1. The van der Waals surface area contributed by atoms with Gasteiger partial charge in [-0.05, 0) is 94.5 Å². The maximum atomic E-state index is 15.1. The smallest absolute Gasteiger partial charge is 0.279 e. The number of hydrogen-bond acceptors (Lipinski definition) is 9. The first-order chi connectivity index (χ1) is 24.4. The van der Waals surface area contributed by atoms with Crippen LogP contribution >= 0.6 is 0 Å². The van der Waals surface area contributed by atoms with Gasteiger partial charge in [0.1, 0.15) is 18.7 Å². The van der Waals surface area contributed by atoms with E-state index in [0.717, 1.165) is 29.8 Å². The first-order valence-corrected chi connectivity index (χ1v) is 17.3. The Hall–Kier alpha value is -5.53. The number of rotatable bonds is 6. The molecule has 1 atom stereocenters. The van der Waals surface area contributed by atoms with Gasteiger partial charge in [0.2, 0.25) is 11.7 Å². The average molecular weight is 692 g/mol. The van der Waals surface area contributed by atoms with Gasteiger partial charge in [0.15, 0.2) is 17.3 Å². The molecule has 1 spiro atoms. The quantitative estimate of drug-likeness (QED) is 0.257. The standard InChI is InChI=1S/C37H38FN9O4/c1-19-16-37(9-11-45(12-10-37)35(51)30-32(49)22(4)39-18-40-30)29-31(19)46(17-28(48)42-27-8-7-24(15-26(27)38)23-5-6-23)36-43-33(44-47(36)34(29)50)25-13-20(2)41-21(3)14-25/h7-8,13-15,18-19,23,49H,5-6,9-12,16-17H2,1-4H3,(H,42,48). The van der Waals surface area contributed by atoms with E-state index in [9.17, 15) is 19.5 Å². The third-order valence-corrected chi connectivity index (χ3v) is 10.7. The Labute approximate surface area is 292 Å². The van der Waals surface area contributed by atoms with Crippen molar-refractivity contribution in [2.75, 3.05) is 18.4 Å². The summed E-state index contributed by atoms with van der Waals surface area (Å²) in [7, 11) is 0. The number of likely N-dealkylation sites (tertiary alicyclic amines) is 1. The van der Waals surface area contributed by atoms with E-state index >= 15 is 4.39 Å². The van der Waals surface area contributed by atoms with E-state index in [2.05, 4.69) is 20.3 Å². The highest BCUT2D eigenvalue weighted by atomic mass is 19.1. The van der Waals surface area contributed by atoms with Gasteiger partial charge in [0.05, 0.1) is 11.4 Å². The molecule has 3 aliphatic rings. The largest absolute Gasteiger partial charge is 0.504 e. The second-order valence-electron chi connectivity index (χ2n) is 14.3. The Morgan fingerprint density at radius 1 is 1.04 bits per heavy atom. The number of benzene rings is 1. The normalized spacial score (nSPS) is 18.0. The van der Waals surface area contributed by atoms with Gasteiger partial charge >= 0.3 is 0 Å². The van der Waals surface area contributed by atoms with Crippen LogP contribution in [-0.2, 0) is 16.8 Å². The fourth-order valence-corrected chi connectivity index (χ4v) is 8.11. The van der Waals surface area contributed by atoms with Gasteiger partial charge < -0.3 is 19.9 Å². The summed E-state index contributed by atoms with van der Waals surface area (Å²) in [4.78, 5) is 60.6. The summed E-state index contributed by atoms with van der Waals surface area (Å²) in [5.41, 5.74) is 3.86. The van der Waals surface area contributed by atoms with Crippen LogP contribution in [0.5, 0.6) is 5.75 Å². The van der Waals surface area contributed by atoms with E-state index in [4.69, 9.17) is 10.1 Å². The van der Waals surface area contributed by atoms with E-state index in [0.29, 0.717) is 66.6 Å². The summed E-state index contributed by atoms with van der Waals surface area (Å²) >= 11 is 0. The maximum Gasteiger partial charge on any atom is 0.279 e. The van der Waals surface area contributed by atoms with Crippen LogP contribution in [0.25, 0.3) is 17.2 Å². The number of hydrogen-bond donors (Lipinski definition) is 2. The number of aryl methyl sites for hydroxylation is 3. The minimum atomic E-state index is -0.598. The molecule has 1 saturated heterocycles. The number of aromatic hydroxyl groups is 1. The summed E-state index contributed by atoms with van der Waals surface area (Å²) in [6.07, 6.45) is 4.92. The monoisotopic (exact) mass is 691 g/mol. The third-order valence-electron chi connectivity index (χ3n) is 10.7. The summed E-state index contributed by atoms with van der Waals surface area (Å²) in [6.45, 7) is 7.82. The lowest BCUT2D eigenvalue weighted by molar-refractivity contribution is -0.116. The van der Waals surface area contributed by atoms with Crippen LogP contribution in [0.1, 0.15) is 95.3 Å². The molecule has 1 aliphatic heterocycles. The number of piperidine rings is 1. The highest BCUT2D eigenvalue weighted by molar-refractivity contribution is 5.95. The Morgan fingerprint density at radius 2 is 1.76 bits per heavy atom. The van der Waals surface area contributed by atoms with Gasteiger partial charge in [0.25, 0.3) is 11.5 Å². The fourth-order valence-electron chi connectivity index (χ4n) is 8.11. The first kappa shape index (κ1) is 32.7. The van der Waals surface area contributed by atoms with Crippen molar-refractivity contribution in [3.8, 4) is 17.1 Å². The second-order valence-corrected chi connectivity index (χ2v) is 14.3. The van der Waals surface area contributed by atoms with E-state index < -0.39 is 23.0 Å². The molecule has 2 N–H and O–H groups in total. The summed E-state index contributed by atoms with van der Waals surface area (Å²) in [5.74, 6) is -0.824. The number of carbonyl (C=O) groups is 2. The van der Waals surface area contributed by atoms with Crippen molar-refractivity contribution in [3.05, 3.63) is 92.4 Å². The second kappa shape index (κ2) is 12.1. The van der Waals surface area contributed by atoms with Crippen LogP contribution in [-0.4, -0.2) is 69.0 Å². The number of anilines is 1. The third kappa shape index (κ3) is 5.62. The van der Waals surface area contributed by atoms with Crippen molar-refractivity contribution in [3.63, 3.8) is 0 Å². The molecule has 5 aromatic rings. The molecular formula is C37H38FN9O4. The zero-order chi connectivity index (χ0) is 35.8. The number of carbonyl (C=O) groups excluding carboxylic acids is 2. The Bertz CT molecular complexity index is 2300. The molecular weight excluding hydrogens is 653 g/mol. The van der Waals surface area contributed by atoms with E-state index in [1.165, 1.54) is 16.9 Å². The Kier molecular flexibility index (Phi) is 7.72. The Morgan fingerprint density at radius 3 is 2.45 bits per heavy atom. The minimum absolute atomic E-state index is 0.0518. The highest BCUT2D eigenvalue weighted by Gasteiger charge is 2.49. The Balaban J connectivity index is 1.18. The summed E-state index contributed by atoms with van der Waals surface area (Å²) in [5, 5.41) is 17.9. The van der Waals surface area contributed by atoms with Gasteiger partial charge in [-0.2, -0.15) is 9.50 Å². The lowest BCUT2D eigenvalue weighted by Crippen LogP contribution is -2.46. The van der Waals surface area contributed by atoms with Crippen molar-refractivity contribution in [2.45, 2.75) is 83.6 Å². The molecule has 2 fully saturated rings. The number of amides is 2. The highest BCUT2D eigenvalue weighted by Crippen LogP contribution is 2.50. The van der Waals surface area contributed by atoms with Crippen LogP contribution in [0, 0.1) is 26.6 Å². The molecule has 51 heavy (non-hydrogen) atoms. The van der Waals surface area contributed by atoms with Gasteiger partial charge in [0, 0.05) is 46.7 Å². The van der Waals surface area contributed by atoms with E-state index in [-0.39, 0.29) is 40.9 Å². The molecule has 2 aliphatic carbocycles. The van der Waals surface area contributed by atoms with Gasteiger partial charge in [-0.3, -0.25) is 19.4 Å². The summed E-state index contributed by atoms with van der Waals surface area (Å²) < 4.78 is 18.1. The molecule has 262 valence electrons. The van der Waals surface area contributed by atoms with Crippen molar-refractivity contribution < 1.29 is 19.1 Å². The summed E-state index contributed by atoms with van der Waals surface area (Å²) in [6, 6.07) is 8.64. The molecule has 0 bridgehead atoms. The molecule has 1 saturated carbocycles. The topological polar surface area (TPSA) is 160 Å². The zero-order valence-electron chi connectivity index (χ0n) is 28.9.